The molecule has 0 aromatic heterocycles. The third-order valence-corrected chi connectivity index (χ3v) is 11.0. The Hall–Kier alpha value is -6.89. The Kier molecular flexibility index (Phi) is 7.12. The third kappa shape index (κ3) is 5.03. The first-order valence-corrected chi connectivity index (χ1v) is 18.5. The highest BCUT2D eigenvalue weighted by molar-refractivity contribution is 6.32. The van der Waals surface area contributed by atoms with E-state index >= 15 is 0 Å². The van der Waals surface area contributed by atoms with Gasteiger partial charge in [-0.05, 0) is 121 Å². The summed E-state index contributed by atoms with van der Waals surface area (Å²) in [5.41, 5.74) is 12.0. The minimum atomic E-state index is 0.0574. The lowest BCUT2D eigenvalue weighted by molar-refractivity contribution is 0.487. The first kappa shape index (κ1) is 31.8. The molecule has 0 saturated heterocycles. The number of hydrogen-bond acceptors (Lipinski definition) is 3. The van der Waals surface area contributed by atoms with Gasteiger partial charge in [0.25, 0.3) is 0 Å². The molecule has 256 valence electrons. The standard InChI is InChI=1S/C51H36N2O/c1-51(2,3)36-21-18-34(19-22-36)44-30-47-49-45(28-35-20-24-40(33-16-14-32(31-52)15-17-33)42-26-27-43(44)50(49)48(35)42)41-25-23-39(29-46(41)54-47)53(37-10-6-4-7-11-37)38-12-8-5-9-13-38/h4-30H,1-3H3. The Bertz CT molecular complexity index is 2880. The molecule has 1 aliphatic heterocycles. The molecule has 0 atom stereocenters. The maximum Gasteiger partial charge on any atom is 0.137 e. The SMILES string of the molecule is CC(C)(C)c1ccc(-c2cc3c4c(cc5ccc(-c6ccc(C#N)cc6)c6ccc2c4c56)-c2ccc(N(c4ccccc4)c4ccccc4)cc2O3)cc1. The molecule has 0 aliphatic carbocycles. The third-order valence-electron chi connectivity index (χ3n) is 11.0. The van der Waals surface area contributed by atoms with E-state index in [1.165, 1.54) is 38.1 Å². The second-order valence-electron chi connectivity index (χ2n) is 15.3. The Balaban J connectivity index is 1.23. The fourth-order valence-electron chi connectivity index (χ4n) is 8.31. The summed E-state index contributed by atoms with van der Waals surface area (Å²) in [5.74, 6) is 1.70. The number of benzene rings is 9. The number of nitriles is 1. The predicted octanol–water partition coefficient (Wildman–Crippen LogP) is 14.3. The maximum absolute atomic E-state index is 9.46. The van der Waals surface area contributed by atoms with E-state index in [1.807, 2.05) is 12.1 Å². The van der Waals surface area contributed by atoms with Gasteiger partial charge in [0.15, 0.2) is 0 Å². The van der Waals surface area contributed by atoms with E-state index in [0.29, 0.717) is 5.56 Å². The van der Waals surface area contributed by atoms with E-state index < -0.39 is 0 Å². The smallest absolute Gasteiger partial charge is 0.137 e. The summed E-state index contributed by atoms with van der Waals surface area (Å²) in [5, 5.41) is 16.6. The van der Waals surface area contributed by atoms with Crippen molar-refractivity contribution in [3.05, 3.63) is 175 Å². The average molecular weight is 693 g/mol. The number of anilines is 3. The Labute approximate surface area is 315 Å². The van der Waals surface area contributed by atoms with Crippen LogP contribution in [0, 0.1) is 11.3 Å². The second kappa shape index (κ2) is 12.1. The van der Waals surface area contributed by atoms with Gasteiger partial charge in [0.1, 0.15) is 11.5 Å². The van der Waals surface area contributed by atoms with Crippen molar-refractivity contribution in [1.29, 1.82) is 5.26 Å². The van der Waals surface area contributed by atoms with Gasteiger partial charge < -0.3 is 9.64 Å². The summed E-state index contributed by atoms with van der Waals surface area (Å²) in [6, 6.07) is 60.5. The van der Waals surface area contributed by atoms with Crippen LogP contribution in [0.25, 0.3) is 65.7 Å². The average Bonchev–Trinajstić information content (AvgIpc) is 3.21. The van der Waals surface area contributed by atoms with Crippen molar-refractivity contribution in [1.82, 2.24) is 0 Å². The van der Waals surface area contributed by atoms with Gasteiger partial charge in [-0.25, -0.2) is 0 Å². The monoisotopic (exact) mass is 692 g/mol. The van der Waals surface area contributed by atoms with Crippen LogP contribution in [0.2, 0.25) is 0 Å². The zero-order chi connectivity index (χ0) is 36.6. The van der Waals surface area contributed by atoms with E-state index in [1.54, 1.807) is 0 Å². The molecular weight excluding hydrogens is 657 g/mol. The number of hydrogen-bond donors (Lipinski definition) is 0. The van der Waals surface area contributed by atoms with Crippen LogP contribution in [0.5, 0.6) is 11.5 Å². The van der Waals surface area contributed by atoms with Gasteiger partial charge in [0.05, 0.1) is 11.6 Å². The Morgan fingerprint density at radius 2 is 1.09 bits per heavy atom. The van der Waals surface area contributed by atoms with Crippen LogP contribution in [-0.2, 0) is 5.41 Å². The summed E-state index contributed by atoms with van der Waals surface area (Å²) in [6.07, 6.45) is 0. The van der Waals surface area contributed by atoms with Gasteiger partial charge in [-0.2, -0.15) is 5.26 Å². The highest BCUT2D eigenvalue weighted by Crippen LogP contribution is 2.55. The maximum atomic E-state index is 9.46. The Morgan fingerprint density at radius 1 is 0.481 bits per heavy atom. The fraction of sp³-hybridized carbons (Fsp3) is 0.0784. The highest BCUT2D eigenvalue weighted by atomic mass is 16.5. The van der Waals surface area contributed by atoms with Gasteiger partial charge in [-0.15, -0.1) is 0 Å². The van der Waals surface area contributed by atoms with Crippen LogP contribution in [-0.4, -0.2) is 0 Å². The Morgan fingerprint density at radius 3 is 1.74 bits per heavy atom. The van der Waals surface area contributed by atoms with E-state index in [2.05, 4.69) is 183 Å². The summed E-state index contributed by atoms with van der Waals surface area (Å²) in [7, 11) is 0. The molecule has 0 saturated carbocycles. The van der Waals surface area contributed by atoms with Crippen molar-refractivity contribution in [2.75, 3.05) is 4.90 Å². The van der Waals surface area contributed by atoms with E-state index in [9.17, 15) is 5.26 Å². The minimum absolute atomic E-state index is 0.0574. The van der Waals surface area contributed by atoms with Crippen molar-refractivity contribution in [3.8, 4) is 50.9 Å². The summed E-state index contributed by atoms with van der Waals surface area (Å²) in [6.45, 7) is 6.77. The van der Waals surface area contributed by atoms with Crippen molar-refractivity contribution >= 4 is 49.4 Å². The van der Waals surface area contributed by atoms with Crippen LogP contribution in [0.3, 0.4) is 0 Å². The molecule has 54 heavy (non-hydrogen) atoms. The van der Waals surface area contributed by atoms with Crippen molar-refractivity contribution in [3.63, 3.8) is 0 Å². The number of nitrogens with zero attached hydrogens (tertiary/aromatic N) is 2. The summed E-state index contributed by atoms with van der Waals surface area (Å²) >= 11 is 0. The van der Waals surface area contributed by atoms with E-state index in [4.69, 9.17) is 4.74 Å². The van der Waals surface area contributed by atoms with Crippen LogP contribution < -0.4 is 9.64 Å². The molecule has 1 aliphatic rings. The lowest BCUT2D eigenvalue weighted by Gasteiger charge is -2.29. The van der Waals surface area contributed by atoms with Gasteiger partial charge in [0.2, 0.25) is 0 Å². The number of ether oxygens (including phenoxy) is 1. The molecule has 0 N–H and O–H groups in total. The molecule has 0 bridgehead atoms. The molecule has 0 unspecified atom stereocenters. The molecule has 0 spiro atoms. The second-order valence-corrected chi connectivity index (χ2v) is 15.3. The lowest BCUT2D eigenvalue weighted by atomic mass is 9.82. The van der Waals surface area contributed by atoms with Crippen LogP contribution in [0.1, 0.15) is 31.9 Å². The number of rotatable bonds is 5. The predicted molar refractivity (Wildman–Crippen MR) is 225 cm³/mol. The fourth-order valence-corrected chi connectivity index (χ4v) is 8.31. The van der Waals surface area contributed by atoms with Crippen molar-refractivity contribution in [2.24, 2.45) is 0 Å². The first-order valence-electron chi connectivity index (χ1n) is 18.5. The summed E-state index contributed by atoms with van der Waals surface area (Å²) < 4.78 is 7.08. The molecular formula is C51H36N2O. The van der Waals surface area contributed by atoms with Gasteiger partial charge in [-0.3, -0.25) is 0 Å². The van der Waals surface area contributed by atoms with Gasteiger partial charge in [-0.1, -0.05) is 118 Å². The van der Waals surface area contributed by atoms with E-state index in [-0.39, 0.29) is 5.41 Å². The summed E-state index contributed by atoms with van der Waals surface area (Å²) in [4.78, 5) is 2.28. The highest BCUT2D eigenvalue weighted by Gasteiger charge is 2.28. The van der Waals surface area contributed by atoms with Gasteiger partial charge >= 0.3 is 0 Å². The molecule has 1 heterocycles. The van der Waals surface area contributed by atoms with E-state index in [0.717, 1.165) is 61.8 Å². The molecule has 10 rings (SSSR count). The molecule has 0 fully saturated rings. The molecule has 3 heteroatoms. The number of para-hydroxylation sites is 2. The molecule has 0 radical (unpaired) electrons. The van der Waals surface area contributed by atoms with Crippen LogP contribution in [0.4, 0.5) is 17.1 Å². The lowest BCUT2D eigenvalue weighted by Crippen LogP contribution is -2.10. The molecule has 0 amide bonds. The van der Waals surface area contributed by atoms with Gasteiger partial charge in [0, 0.05) is 39.5 Å². The molecule has 9 aromatic rings. The van der Waals surface area contributed by atoms with Crippen molar-refractivity contribution in [2.45, 2.75) is 26.2 Å². The quantitative estimate of drug-likeness (QED) is 0.168. The largest absolute Gasteiger partial charge is 0.456 e. The van der Waals surface area contributed by atoms with Crippen LogP contribution in [0.15, 0.2) is 164 Å². The van der Waals surface area contributed by atoms with Crippen LogP contribution >= 0.6 is 0 Å². The number of fused-ring (bicyclic) bond motifs is 2. The molecule has 3 nitrogen and oxygen atoms in total. The zero-order valence-electron chi connectivity index (χ0n) is 30.4. The first-order chi connectivity index (χ1) is 26.4. The normalized spacial score (nSPS) is 12.1. The zero-order valence-corrected chi connectivity index (χ0v) is 30.4. The topological polar surface area (TPSA) is 36.3 Å². The van der Waals surface area contributed by atoms with Crippen molar-refractivity contribution < 1.29 is 4.74 Å². The minimum Gasteiger partial charge on any atom is -0.456 e. The molecule has 9 aromatic carbocycles.